The number of sulfonamides is 1. The van der Waals surface area contributed by atoms with Gasteiger partial charge in [0.15, 0.2) is 0 Å². The maximum absolute atomic E-state index is 13.1. The molecule has 12 heteroatoms. The van der Waals surface area contributed by atoms with Crippen molar-refractivity contribution in [3.05, 3.63) is 24.0 Å². The molecule has 0 spiro atoms. The number of fused-ring (bicyclic) bond motifs is 1. The zero-order valence-electron chi connectivity index (χ0n) is 18.8. The van der Waals surface area contributed by atoms with Gasteiger partial charge < -0.3 is 9.30 Å². The number of tetrazole rings is 1. The number of hydrogen-bond acceptors (Lipinski definition) is 8. The molecule has 2 aliphatic rings. The van der Waals surface area contributed by atoms with Crippen molar-refractivity contribution in [2.45, 2.75) is 67.4 Å². The van der Waals surface area contributed by atoms with E-state index in [2.05, 4.69) is 27.0 Å². The lowest BCUT2D eigenvalue weighted by Crippen LogP contribution is -2.40. The smallest absolute Gasteiger partial charge is 0.243 e. The second-order valence-electron chi connectivity index (χ2n) is 8.48. The maximum atomic E-state index is 13.1. The average Bonchev–Trinajstić information content (AvgIpc) is 3.58. The van der Waals surface area contributed by atoms with Gasteiger partial charge in [0.25, 0.3) is 0 Å². The fourth-order valence-electron chi connectivity index (χ4n) is 4.63. The molecular weight excluding hydrogens is 462 g/mol. The first-order chi connectivity index (χ1) is 16.1. The molecule has 2 aromatic heterocycles. The lowest BCUT2D eigenvalue weighted by atomic mass is 10.3. The van der Waals surface area contributed by atoms with Gasteiger partial charge in [0.1, 0.15) is 5.82 Å². The first-order valence-corrected chi connectivity index (χ1v) is 14.0. The fourth-order valence-corrected chi connectivity index (χ4v) is 6.95. The third-order valence-electron chi connectivity index (χ3n) is 6.32. The summed E-state index contributed by atoms with van der Waals surface area (Å²) in [7, 11) is -3.56. The predicted octanol–water partition coefficient (Wildman–Crippen LogP) is 2.86. The lowest BCUT2D eigenvalue weighted by Gasteiger charge is -2.26. The molecule has 1 aromatic carbocycles. The summed E-state index contributed by atoms with van der Waals surface area (Å²) >= 11 is 1.58. The van der Waals surface area contributed by atoms with Gasteiger partial charge in [-0.15, -0.1) is 5.10 Å². The van der Waals surface area contributed by atoms with Crippen molar-refractivity contribution >= 4 is 32.8 Å². The molecule has 1 aliphatic carbocycles. The summed E-state index contributed by atoms with van der Waals surface area (Å²) in [6.07, 6.45) is 5.63. The minimum atomic E-state index is -3.56. The van der Waals surface area contributed by atoms with Crippen molar-refractivity contribution in [2.75, 3.05) is 26.3 Å². The van der Waals surface area contributed by atoms with E-state index in [1.165, 1.54) is 17.1 Å². The van der Waals surface area contributed by atoms with Crippen LogP contribution in [0.4, 0.5) is 0 Å². The van der Waals surface area contributed by atoms with Crippen LogP contribution in [-0.2, 0) is 27.1 Å². The third kappa shape index (κ3) is 4.53. The van der Waals surface area contributed by atoms with Gasteiger partial charge in [-0.1, -0.05) is 31.5 Å². The van der Waals surface area contributed by atoms with Crippen LogP contribution in [-0.4, -0.2) is 68.8 Å². The SMILES string of the molecule is CCCn1c(CSc2nnnn2C2CCCC2)nc2cc(S(=O)(=O)N3CCOCC3)ccc21. The zero-order chi connectivity index (χ0) is 22.8. The molecule has 33 heavy (non-hydrogen) atoms. The van der Waals surface area contributed by atoms with Crippen molar-refractivity contribution in [2.24, 2.45) is 0 Å². The first kappa shape index (κ1) is 22.8. The van der Waals surface area contributed by atoms with E-state index in [1.807, 2.05) is 10.7 Å². The minimum absolute atomic E-state index is 0.280. The second kappa shape index (κ2) is 9.69. The predicted molar refractivity (Wildman–Crippen MR) is 124 cm³/mol. The van der Waals surface area contributed by atoms with Crippen LogP contribution in [0.5, 0.6) is 0 Å². The molecule has 0 radical (unpaired) electrons. The van der Waals surface area contributed by atoms with E-state index in [4.69, 9.17) is 9.72 Å². The van der Waals surface area contributed by atoms with Crippen molar-refractivity contribution in [1.82, 2.24) is 34.1 Å². The molecule has 0 bridgehead atoms. The Kier molecular flexibility index (Phi) is 6.68. The van der Waals surface area contributed by atoms with Crippen LogP contribution < -0.4 is 0 Å². The summed E-state index contributed by atoms with van der Waals surface area (Å²) in [5, 5.41) is 13.2. The van der Waals surface area contributed by atoms with E-state index in [0.717, 1.165) is 42.3 Å². The third-order valence-corrected chi connectivity index (χ3v) is 9.14. The van der Waals surface area contributed by atoms with E-state index in [0.29, 0.717) is 43.6 Å². The van der Waals surface area contributed by atoms with Crippen LogP contribution in [0.2, 0.25) is 0 Å². The van der Waals surface area contributed by atoms with Crippen molar-refractivity contribution < 1.29 is 13.2 Å². The Balaban J connectivity index is 1.42. The number of ether oxygens (including phenoxy) is 1. The van der Waals surface area contributed by atoms with Crippen LogP contribution in [0.25, 0.3) is 11.0 Å². The average molecular weight is 492 g/mol. The van der Waals surface area contributed by atoms with E-state index in [1.54, 1.807) is 23.9 Å². The van der Waals surface area contributed by atoms with Gasteiger partial charge in [-0.2, -0.15) is 4.31 Å². The Morgan fingerprint density at radius 2 is 1.97 bits per heavy atom. The molecule has 2 fully saturated rings. The highest BCUT2D eigenvalue weighted by molar-refractivity contribution is 7.98. The summed E-state index contributed by atoms with van der Waals surface area (Å²) in [6.45, 7) is 4.54. The number of hydrogen-bond donors (Lipinski definition) is 0. The van der Waals surface area contributed by atoms with Crippen molar-refractivity contribution in [3.8, 4) is 0 Å². The van der Waals surface area contributed by atoms with E-state index >= 15 is 0 Å². The van der Waals surface area contributed by atoms with E-state index in [9.17, 15) is 8.42 Å². The quantitative estimate of drug-likeness (QED) is 0.443. The summed E-state index contributed by atoms with van der Waals surface area (Å²) in [5.41, 5.74) is 1.65. The summed E-state index contributed by atoms with van der Waals surface area (Å²) in [6, 6.07) is 5.65. The van der Waals surface area contributed by atoms with Crippen LogP contribution in [0.1, 0.15) is 50.9 Å². The van der Waals surface area contributed by atoms with Gasteiger partial charge in [0, 0.05) is 19.6 Å². The molecule has 1 aliphatic heterocycles. The van der Waals surface area contributed by atoms with Crippen LogP contribution >= 0.6 is 11.8 Å². The van der Waals surface area contributed by atoms with E-state index in [-0.39, 0.29) is 4.90 Å². The Labute approximate surface area is 197 Å². The highest BCUT2D eigenvalue weighted by Crippen LogP contribution is 2.33. The Morgan fingerprint density at radius 3 is 2.73 bits per heavy atom. The van der Waals surface area contributed by atoms with Gasteiger partial charge in [-0.25, -0.2) is 18.1 Å². The number of aromatic nitrogens is 6. The minimum Gasteiger partial charge on any atom is -0.379 e. The number of aryl methyl sites for hydroxylation is 1. The van der Waals surface area contributed by atoms with Crippen molar-refractivity contribution in [3.63, 3.8) is 0 Å². The highest BCUT2D eigenvalue weighted by Gasteiger charge is 2.27. The molecule has 10 nitrogen and oxygen atoms in total. The molecule has 178 valence electrons. The molecule has 0 amide bonds. The number of benzene rings is 1. The summed E-state index contributed by atoms with van der Waals surface area (Å²) in [4.78, 5) is 5.11. The van der Waals surface area contributed by atoms with Crippen LogP contribution in [0.3, 0.4) is 0 Å². The van der Waals surface area contributed by atoms with Crippen molar-refractivity contribution in [1.29, 1.82) is 0 Å². The summed E-state index contributed by atoms with van der Waals surface area (Å²) < 4.78 is 37.1. The van der Waals surface area contributed by atoms with Gasteiger partial charge >= 0.3 is 0 Å². The molecule has 1 saturated heterocycles. The zero-order valence-corrected chi connectivity index (χ0v) is 20.4. The van der Waals surface area contributed by atoms with Crippen LogP contribution in [0, 0.1) is 0 Å². The summed E-state index contributed by atoms with van der Waals surface area (Å²) in [5.74, 6) is 1.52. The Bertz CT molecular complexity index is 1210. The number of nitrogens with zero attached hydrogens (tertiary/aromatic N) is 7. The monoisotopic (exact) mass is 491 g/mol. The molecule has 5 rings (SSSR count). The largest absolute Gasteiger partial charge is 0.379 e. The van der Waals surface area contributed by atoms with Gasteiger partial charge in [0.05, 0.1) is 40.9 Å². The van der Waals surface area contributed by atoms with Crippen LogP contribution in [0.15, 0.2) is 28.3 Å². The highest BCUT2D eigenvalue weighted by atomic mass is 32.2. The normalized spacial score (nSPS) is 18.5. The topological polar surface area (TPSA) is 108 Å². The second-order valence-corrected chi connectivity index (χ2v) is 11.4. The number of thioether (sulfide) groups is 1. The van der Waals surface area contributed by atoms with Gasteiger partial charge in [0.2, 0.25) is 15.2 Å². The molecule has 0 N–H and O–H groups in total. The molecule has 3 heterocycles. The molecule has 1 saturated carbocycles. The maximum Gasteiger partial charge on any atom is 0.243 e. The number of morpholine rings is 1. The Morgan fingerprint density at radius 1 is 1.18 bits per heavy atom. The molecular formula is C21H29N7O3S2. The molecule has 0 unspecified atom stereocenters. The molecule has 3 aromatic rings. The number of imidazole rings is 1. The lowest BCUT2D eigenvalue weighted by molar-refractivity contribution is 0.0730. The van der Waals surface area contributed by atoms with E-state index < -0.39 is 10.0 Å². The Hall–Kier alpha value is -2.02. The first-order valence-electron chi connectivity index (χ1n) is 11.6. The molecule has 0 atom stereocenters. The standard InChI is InChI=1S/C21H29N7O3S2/c1-2-9-27-19-8-7-17(33(29,30)26-10-12-31-13-11-26)14-18(19)22-20(27)15-32-21-23-24-25-28(21)16-5-3-4-6-16/h7-8,14,16H,2-6,9-13,15H2,1H3. The van der Waals surface area contributed by atoms with Gasteiger partial charge in [-0.3, -0.25) is 0 Å². The van der Waals surface area contributed by atoms with Gasteiger partial charge in [-0.05, 0) is 47.9 Å². The number of rotatable bonds is 8. The fraction of sp³-hybridized carbons (Fsp3) is 0.619.